The molecule has 0 saturated carbocycles. The summed E-state index contributed by atoms with van der Waals surface area (Å²) in [7, 11) is -1.64. The molecule has 2 aromatic carbocycles. The van der Waals surface area contributed by atoms with E-state index in [1.165, 1.54) is 18.4 Å². The molecular weight excluding hydrogens is 440 g/mol. The van der Waals surface area contributed by atoms with E-state index < -0.39 is 9.84 Å². The zero-order valence-corrected chi connectivity index (χ0v) is 19.5. The second-order valence-electron chi connectivity index (χ2n) is 7.79. The van der Waals surface area contributed by atoms with Gasteiger partial charge in [-0.2, -0.15) is 0 Å². The summed E-state index contributed by atoms with van der Waals surface area (Å²) in [5, 5.41) is 0. The highest BCUT2D eigenvalue weighted by Gasteiger charge is 2.12. The van der Waals surface area contributed by atoms with Crippen molar-refractivity contribution in [2.45, 2.75) is 17.9 Å². The minimum absolute atomic E-state index is 0.148. The van der Waals surface area contributed by atoms with E-state index in [1.54, 1.807) is 25.3 Å². The van der Waals surface area contributed by atoms with Gasteiger partial charge >= 0.3 is 0 Å². The van der Waals surface area contributed by atoms with Crippen LogP contribution in [0.1, 0.15) is 6.92 Å². The Bertz CT molecular complexity index is 1310. The van der Waals surface area contributed by atoms with Crippen LogP contribution in [0.5, 0.6) is 17.2 Å². The van der Waals surface area contributed by atoms with Crippen molar-refractivity contribution in [3.8, 4) is 39.9 Å². The van der Waals surface area contributed by atoms with Gasteiger partial charge in [-0.1, -0.05) is 0 Å². The van der Waals surface area contributed by atoms with Crippen LogP contribution in [0, 0.1) is 0 Å². The zero-order valence-electron chi connectivity index (χ0n) is 18.7. The second-order valence-corrected chi connectivity index (χ2v) is 9.81. The molecule has 0 amide bonds. The standard InChI is InChI=1S/C25H26N2O5S/c1-17(16-30-2)31-20-13-18(23-10-11-25(27-23)24-5-4-12-26-24)14-21(15-20)32-19-6-8-22(9-7-19)33(3,28)29/h4-15,17,26-27H,16H2,1-3H3/t17-/m0/s1. The maximum atomic E-state index is 11.7. The van der Waals surface area contributed by atoms with Crippen LogP contribution in [-0.4, -0.2) is 44.5 Å². The van der Waals surface area contributed by atoms with Crippen molar-refractivity contribution in [1.29, 1.82) is 0 Å². The van der Waals surface area contributed by atoms with Gasteiger partial charge in [-0.3, -0.25) is 0 Å². The van der Waals surface area contributed by atoms with Crippen molar-refractivity contribution in [3.05, 3.63) is 72.9 Å². The van der Waals surface area contributed by atoms with Gasteiger partial charge in [0.25, 0.3) is 0 Å². The Labute approximate surface area is 193 Å². The summed E-state index contributed by atoms with van der Waals surface area (Å²) < 4.78 is 40.7. The number of aromatic nitrogens is 2. The van der Waals surface area contributed by atoms with Crippen LogP contribution in [0.3, 0.4) is 0 Å². The first kappa shape index (κ1) is 22.7. The van der Waals surface area contributed by atoms with E-state index in [4.69, 9.17) is 14.2 Å². The average Bonchev–Trinajstić information content (AvgIpc) is 3.45. The lowest BCUT2D eigenvalue weighted by Crippen LogP contribution is -2.17. The van der Waals surface area contributed by atoms with Crippen molar-refractivity contribution in [2.24, 2.45) is 0 Å². The first-order chi connectivity index (χ1) is 15.8. The molecule has 0 bridgehead atoms. The summed E-state index contributed by atoms with van der Waals surface area (Å²) >= 11 is 0. The predicted molar refractivity (Wildman–Crippen MR) is 128 cm³/mol. The first-order valence-corrected chi connectivity index (χ1v) is 12.3. The molecule has 2 N–H and O–H groups in total. The number of rotatable bonds is 9. The third-order valence-corrected chi connectivity index (χ3v) is 6.12. The van der Waals surface area contributed by atoms with Gasteiger partial charge in [0.2, 0.25) is 0 Å². The molecule has 0 aliphatic carbocycles. The Balaban J connectivity index is 1.66. The number of aromatic amines is 2. The number of hydrogen-bond acceptors (Lipinski definition) is 5. The zero-order chi connectivity index (χ0) is 23.4. The molecule has 2 heterocycles. The SMILES string of the molecule is COC[C@H](C)Oc1cc(Oc2ccc(S(C)(=O)=O)cc2)cc(-c2ccc(-c3ccc[nH]3)[nH]2)c1. The van der Waals surface area contributed by atoms with Crippen LogP contribution in [0.2, 0.25) is 0 Å². The Morgan fingerprint density at radius 3 is 2.27 bits per heavy atom. The topological polar surface area (TPSA) is 93.4 Å². The largest absolute Gasteiger partial charge is 0.488 e. The molecule has 0 saturated heterocycles. The van der Waals surface area contributed by atoms with Crippen LogP contribution in [0.4, 0.5) is 0 Å². The van der Waals surface area contributed by atoms with E-state index >= 15 is 0 Å². The smallest absolute Gasteiger partial charge is 0.175 e. The van der Waals surface area contributed by atoms with Crippen LogP contribution in [-0.2, 0) is 14.6 Å². The molecule has 0 unspecified atom stereocenters. The summed E-state index contributed by atoms with van der Waals surface area (Å²) in [6.45, 7) is 2.38. The summed E-state index contributed by atoms with van der Waals surface area (Å²) in [5.74, 6) is 1.72. The number of ether oxygens (including phenoxy) is 3. The summed E-state index contributed by atoms with van der Waals surface area (Å²) in [4.78, 5) is 6.85. The van der Waals surface area contributed by atoms with Gasteiger partial charge in [0, 0.05) is 36.9 Å². The molecular formula is C25H26N2O5S. The van der Waals surface area contributed by atoms with E-state index in [-0.39, 0.29) is 11.0 Å². The van der Waals surface area contributed by atoms with E-state index in [0.29, 0.717) is 23.9 Å². The van der Waals surface area contributed by atoms with Crippen LogP contribution in [0.25, 0.3) is 22.6 Å². The maximum Gasteiger partial charge on any atom is 0.175 e. The van der Waals surface area contributed by atoms with Crippen LogP contribution >= 0.6 is 0 Å². The molecule has 0 aliphatic rings. The number of methoxy groups -OCH3 is 1. The van der Waals surface area contributed by atoms with Crippen LogP contribution in [0.15, 0.2) is 77.8 Å². The minimum Gasteiger partial charge on any atom is -0.488 e. The van der Waals surface area contributed by atoms with E-state index in [0.717, 1.165) is 22.6 Å². The third-order valence-electron chi connectivity index (χ3n) is 4.99. The molecule has 33 heavy (non-hydrogen) atoms. The Kier molecular flexibility index (Phi) is 6.57. The molecule has 172 valence electrons. The second kappa shape index (κ2) is 9.56. The van der Waals surface area contributed by atoms with E-state index in [1.807, 2.05) is 49.5 Å². The highest BCUT2D eigenvalue weighted by Crippen LogP contribution is 2.34. The van der Waals surface area contributed by atoms with Gasteiger partial charge in [0.1, 0.15) is 23.4 Å². The fraction of sp³-hybridized carbons (Fsp3) is 0.200. The molecule has 7 nitrogen and oxygen atoms in total. The Hall–Kier alpha value is -3.49. The van der Waals surface area contributed by atoms with Crippen molar-refractivity contribution >= 4 is 9.84 Å². The van der Waals surface area contributed by atoms with Crippen LogP contribution < -0.4 is 9.47 Å². The van der Waals surface area contributed by atoms with E-state index in [2.05, 4.69) is 9.97 Å². The summed E-state index contributed by atoms with van der Waals surface area (Å²) in [6.07, 6.45) is 2.91. The minimum atomic E-state index is -3.27. The van der Waals surface area contributed by atoms with Crippen molar-refractivity contribution < 1.29 is 22.6 Å². The molecule has 4 rings (SSSR count). The molecule has 4 aromatic rings. The van der Waals surface area contributed by atoms with E-state index in [9.17, 15) is 8.42 Å². The molecule has 2 aromatic heterocycles. The van der Waals surface area contributed by atoms with Gasteiger partial charge in [0.15, 0.2) is 9.84 Å². The normalized spacial score (nSPS) is 12.5. The van der Waals surface area contributed by atoms with Gasteiger partial charge in [-0.25, -0.2) is 8.42 Å². The molecule has 1 atom stereocenters. The van der Waals surface area contributed by atoms with Crippen molar-refractivity contribution in [1.82, 2.24) is 9.97 Å². The average molecular weight is 467 g/mol. The maximum absolute atomic E-state index is 11.7. The summed E-state index contributed by atoms with van der Waals surface area (Å²) in [5.41, 5.74) is 3.75. The number of benzene rings is 2. The monoisotopic (exact) mass is 466 g/mol. The number of hydrogen-bond donors (Lipinski definition) is 2. The fourth-order valence-electron chi connectivity index (χ4n) is 3.46. The van der Waals surface area contributed by atoms with Gasteiger partial charge < -0.3 is 24.2 Å². The number of nitrogens with one attached hydrogen (secondary N) is 2. The first-order valence-electron chi connectivity index (χ1n) is 10.4. The van der Waals surface area contributed by atoms with Crippen molar-refractivity contribution in [3.63, 3.8) is 0 Å². The molecule has 0 radical (unpaired) electrons. The molecule has 8 heteroatoms. The molecule has 0 fully saturated rings. The van der Waals surface area contributed by atoms with Gasteiger partial charge in [-0.15, -0.1) is 0 Å². The fourth-order valence-corrected chi connectivity index (χ4v) is 4.10. The third kappa shape index (κ3) is 5.66. The quantitative estimate of drug-likeness (QED) is 0.350. The lowest BCUT2D eigenvalue weighted by Gasteiger charge is -2.16. The highest BCUT2D eigenvalue weighted by atomic mass is 32.2. The van der Waals surface area contributed by atoms with Gasteiger partial charge in [0.05, 0.1) is 22.9 Å². The summed E-state index contributed by atoms with van der Waals surface area (Å²) in [6, 6.07) is 19.9. The number of H-pyrrole nitrogens is 2. The lowest BCUT2D eigenvalue weighted by atomic mass is 10.1. The molecule has 0 aliphatic heterocycles. The highest BCUT2D eigenvalue weighted by molar-refractivity contribution is 7.90. The van der Waals surface area contributed by atoms with Crippen molar-refractivity contribution in [2.75, 3.05) is 20.0 Å². The lowest BCUT2D eigenvalue weighted by molar-refractivity contribution is 0.0920. The van der Waals surface area contributed by atoms with Gasteiger partial charge in [-0.05, 0) is 67.6 Å². The number of sulfone groups is 1. The molecule has 0 spiro atoms. The Morgan fingerprint density at radius 2 is 1.61 bits per heavy atom. The Morgan fingerprint density at radius 1 is 0.879 bits per heavy atom. The predicted octanol–water partition coefficient (Wildman–Crippen LogP) is 5.29.